The van der Waals surface area contributed by atoms with Gasteiger partial charge in [-0.1, -0.05) is 11.8 Å². The SMILES string of the molecule is COc1ccc(-n2c(C)nnc2SC(C)C(=O)Nc2ccc(C(C)=O)cc2)cc1. The van der Waals surface area contributed by atoms with Crippen molar-refractivity contribution in [3.8, 4) is 11.4 Å². The van der Waals surface area contributed by atoms with Crippen molar-refractivity contribution in [1.29, 1.82) is 0 Å². The fourth-order valence-electron chi connectivity index (χ4n) is 2.69. The van der Waals surface area contributed by atoms with Crippen LogP contribution in [0.1, 0.15) is 30.0 Å². The van der Waals surface area contributed by atoms with Crippen LogP contribution in [0, 0.1) is 6.92 Å². The molecule has 0 aliphatic heterocycles. The molecule has 1 unspecified atom stereocenters. The lowest BCUT2D eigenvalue weighted by atomic mass is 10.1. The van der Waals surface area contributed by atoms with Gasteiger partial charge in [-0.25, -0.2) is 0 Å². The zero-order valence-corrected chi connectivity index (χ0v) is 17.5. The number of carbonyl (C=O) groups excluding carboxylic acids is 2. The minimum Gasteiger partial charge on any atom is -0.497 e. The van der Waals surface area contributed by atoms with Crippen LogP contribution in [0.25, 0.3) is 5.69 Å². The molecule has 0 aliphatic rings. The minimum atomic E-state index is -0.400. The molecule has 0 bridgehead atoms. The number of rotatable bonds is 7. The van der Waals surface area contributed by atoms with Gasteiger partial charge in [0.05, 0.1) is 12.4 Å². The van der Waals surface area contributed by atoms with Crippen LogP contribution in [0.2, 0.25) is 0 Å². The van der Waals surface area contributed by atoms with E-state index in [0.717, 1.165) is 17.3 Å². The van der Waals surface area contributed by atoms with Crippen molar-refractivity contribution in [2.24, 2.45) is 0 Å². The largest absolute Gasteiger partial charge is 0.497 e. The van der Waals surface area contributed by atoms with Gasteiger partial charge in [-0.15, -0.1) is 10.2 Å². The predicted molar refractivity (Wildman–Crippen MR) is 113 cm³/mol. The predicted octanol–water partition coefficient (Wildman–Crippen LogP) is 3.91. The maximum atomic E-state index is 12.6. The summed E-state index contributed by atoms with van der Waals surface area (Å²) in [5, 5.41) is 11.5. The number of aromatic nitrogens is 3. The van der Waals surface area contributed by atoms with Gasteiger partial charge in [0.25, 0.3) is 0 Å². The van der Waals surface area contributed by atoms with E-state index in [1.807, 2.05) is 42.7 Å². The molecule has 150 valence electrons. The average molecular weight is 410 g/mol. The van der Waals surface area contributed by atoms with Gasteiger partial charge in [0.2, 0.25) is 5.91 Å². The summed E-state index contributed by atoms with van der Waals surface area (Å²) in [6.07, 6.45) is 0. The van der Waals surface area contributed by atoms with E-state index in [-0.39, 0.29) is 11.7 Å². The summed E-state index contributed by atoms with van der Waals surface area (Å²) in [4.78, 5) is 24.0. The highest BCUT2D eigenvalue weighted by Crippen LogP contribution is 2.27. The first-order chi connectivity index (χ1) is 13.9. The molecule has 0 radical (unpaired) electrons. The maximum absolute atomic E-state index is 12.6. The molecule has 7 nitrogen and oxygen atoms in total. The van der Waals surface area contributed by atoms with Gasteiger partial charge in [0.15, 0.2) is 10.9 Å². The Morgan fingerprint density at radius 2 is 1.72 bits per heavy atom. The molecule has 0 spiro atoms. The van der Waals surface area contributed by atoms with E-state index in [9.17, 15) is 9.59 Å². The average Bonchev–Trinajstić information content (AvgIpc) is 3.08. The molecular weight excluding hydrogens is 388 g/mol. The zero-order valence-electron chi connectivity index (χ0n) is 16.7. The summed E-state index contributed by atoms with van der Waals surface area (Å²) in [6.45, 7) is 5.18. The Bertz CT molecular complexity index is 1010. The quantitative estimate of drug-likeness (QED) is 0.470. The Kier molecular flexibility index (Phi) is 6.33. The number of hydrogen-bond donors (Lipinski definition) is 1. The van der Waals surface area contributed by atoms with Gasteiger partial charge in [-0.05, 0) is 69.3 Å². The first-order valence-electron chi connectivity index (χ1n) is 9.04. The fraction of sp³-hybridized carbons (Fsp3) is 0.238. The van der Waals surface area contributed by atoms with Crippen molar-refractivity contribution in [3.63, 3.8) is 0 Å². The van der Waals surface area contributed by atoms with E-state index >= 15 is 0 Å². The number of amides is 1. The first-order valence-corrected chi connectivity index (χ1v) is 9.92. The number of carbonyl (C=O) groups is 2. The smallest absolute Gasteiger partial charge is 0.237 e. The molecule has 8 heteroatoms. The number of nitrogens with one attached hydrogen (secondary N) is 1. The van der Waals surface area contributed by atoms with Gasteiger partial charge in [0.1, 0.15) is 11.6 Å². The molecule has 1 N–H and O–H groups in total. The van der Waals surface area contributed by atoms with Crippen molar-refractivity contribution in [1.82, 2.24) is 14.8 Å². The second kappa shape index (κ2) is 8.91. The Hall–Kier alpha value is -3.13. The van der Waals surface area contributed by atoms with E-state index in [0.29, 0.717) is 16.4 Å². The van der Waals surface area contributed by atoms with Crippen LogP contribution in [0.15, 0.2) is 53.7 Å². The normalized spacial score (nSPS) is 11.7. The number of benzene rings is 2. The minimum absolute atomic E-state index is 0.0139. The number of anilines is 1. The lowest BCUT2D eigenvalue weighted by Crippen LogP contribution is -2.23. The Labute approximate surface area is 173 Å². The summed E-state index contributed by atoms with van der Waals surface area (Å²) >= 11 is 1.32. The molecule has 3 aromatic rings. The molecule has 0 aliphatic carbocycles. The third-order valence-corrected chi connectivity index (χ3v) is 5.38. The second-order valence-electron chi connectivity index (χ2n) is 6.45. The van der Waals surface area contributed by atoms with Crippen molar-refractivity contribution < 1.29 is 14.3 Å². The topological polar surface area (TPSA) is 86.1 Å². The number of Topliss-reactive ketones (excluding diaryl/α,β-unsaturated/α-hetero) is 1. The van der Waals surface area contributed by atoms with Crippen LogP contribution < -0.4 is 10.1 Å². The van der Waals surface area contributed by atoms with Gasteiger partial charge in [0, 0.05) is 16.9 Å². The summed E-state index contributed by atoms with van der Waals surface area (Å²) in [5.41, 5.74) is 2.14. The molecular formula is C21H22N4O3S. The fourth-order valence-corrected chi connectivity index (χ4v) is 3.60. The van der Waals surface area contributed by atoms with Crippen molar-refractivity contribution >= 4 is 29.1 Å². The Morgan fingerprint density at radius 3 is 2.31 bits per heavy atom. The van der Waals surface area contributed by atoms with Crippen molar-refractivity contribution in [2.75, 3.05) is 12.4 Å². The summed E-state index contributed by atoms with van der Waals surface area (Å²) in [7, 11) is 1.62. The number of hydrogen-bond acceptors (Lipinski definition) is 6. The first kappa shape index (κ1) is 20.6. The van der Waals surface area contributed by atoms with Crippen LogP contribution in [-0.4, -0.2) is 38.8 Å². The van der Waals surface area contributed by atoms with Gasteiger partial charge >= 0.3 is 0 Å². The third kappa shape index (κ3) is 4.83. The molecule has 0 fully saturated rings. The van der Waals surface area contributed by atoms with E-state index in [4.69, 9.17) is 4.74 Å². The van der Waals surface area contributed by atoms with E-state index in [2.05, 4.69) is 15.5 Å². The molecule has 1 atom stereocenters. The molecule has 3 rings (SSSR count). The molecule has 29 heavy (non-hydrogen) atoms. The zero-order chi connectivity index (χ0) is 21.0. The van der Waals surface area contributed by atoms with Gasteiger partial charge in [-0.3, -0.25) is 14.2 Å². The van der Waals surface area contributed by atoms with Crippen LogP contribution in [0.4, 0.5) is 5.69 Å². The van der Waals surface area contributed by atoms with E-state index in [1.54, 1.807) is 31.4 Å². The van der Waals surface area contributed by atoms with Crippen LogP contribution in [0.5, 0.6) is 5.75 Å². The van der Waals surface area contributed by atoms with Crippen LogP contribution in [0.3, 0.4) is 0 Å². The molecule has 2 aromatic carbocycles. The number of ketones is 1. The lowest BCUT2D eigenvalue weighted by Gasteiger charge is -2.13. The van der Waals surface area contributed by atoms with Crippen LogP contribution in [-0.2, 0) is 4.79 Å². The second-order valence-corrected chi connectivity index (χ2v) is 7.75. The summed E-state index contributed by atoms with van der Waals surface area (Å²) < 4.78 is 7.10. The number of thioether (sulfide) groups is 1. The molecule has 1 amide bonds. The van der Waals surface area contributed by atoms with Crippen LogP contribution >= 0.6 is 11.8 Å². The highest BCUT2D eigenvalue weighted by atomic mass is 32.2. The van der Waals surface area contributed by atoms with Gasteiger partial charge in [-0.2, -0.15) is 0 Å². The van der Waals surface area contributed by atoms with Crippen molar-refractivity contribution in [3.05, 3.63) is 59.9 Å². The highest BCUT2D eigenvalue weighted by Gasteiger charge is 2.20. The molecule has 1 heterocycles. The number of aryl methyl sites for hydroxylation is 1. The maximum Gasteiger partial charge on any atom is 0.237 e. The Morgan fingerprint density at radius 1 is 1.07 bits per heavy atom. The van der Waals surface area contributed by atoms with E-state index in [1.165, 1.54) is 18.7 Å². The summed E-state index contributed by atoms with van der Waals surface area (Å²) in [6, 6.07) is 14.4. The molecule has 1 aromatic heterocycles. The Balaban J connectivity index is 1.72. The number of nitrogens with zero attached hydrogens (tertiary/aromatic N) is 3. The standard InChI is InChI=1S/C21H22N4O3S/c1-13(26)16-5-7-17(8-6-16)22-20(27)14(2)29-21-24-23-15(3)25(21)18-9-11-19(28-4)12-10-18/h5-12,14H,1-4H3,(H,22,27). The summed E-state index contributed by atoms with van der Waals surface area (Å²) in [5.74, 6) is 1.31. The highest BCUT2D eigenvalue weighted by molar-refractivity contribution is 8.00. The lowest BCUT2D eigenvalue weighted by molar-refractivity contribution is -0.115. The third-order valence-electron chi connectivity index (χ3n) is 4.34. The van der Waals surface area contributed by atoms with Crippen molar-refractivity contribution in [2.45, 2.75) is 31.2 Å². The monoisotopic (exact) mass is 410 g/mol. The molecule has 0 saturated carbocycles. The number of ether oxygens (including phenoxy) is 1. The van der Waals surface area contributed by atoms with E-state index < -0.39 is 5.25 Å². The van der Waals surface area contributed by atoms with Gasteiger partial charge < -0.3 is 10.1 Å². The number of methoxy groups -OCH3 is 1. The molecule has 0 saturated heterocycles.